The molecule has 0 bridgehead atoms. The van der Waals surface area contributed by atoms with Crippen LogP contribution in [0.2, 0.25) is 5.02 Å². The van der Waals surface area contributed by atoms with Gasteiger partial charge in [-0.15, -0.1) is 0 Å². The first-order valence-electron chi connectivity index (χ1n) is 6.58. The molecule has 0 aliphatic carbocycles. The van der Waals surface area contributed by atoms with Crippen LogP contribution in [-0.4, -0.2) is 27.3 Å². The van der Waals surface area contributed by atoms with Crippen LogP contribution in [0, 0.1) is 0 Å². The van der Waals surface area contributed by atoms with E-state index in [1.165, 1.54) is 0 Å². The van der Waals surface area contributed by atoms with E-state index in [9.17, 15) is 4.79 Å². The minimum Gasteiger partial charge on any atom is -0.330 e. The minimum absolute atomic E-state index is 0.0631. The molecule has 3 heterocycles. The number of nitrogens with zero attached hydrogens (tertiary/aromatic N) is 3. The van der Waals surface area contributed by atoms with Crippen molar-refractivity contribution in [1.82, 2.24) is 14.9 Å². The summed E-state index contributed by atoms with van der Waals surface area (Å²) in [7, 11) is 0. The number of carbonyl (C=O) groups is 1. The molecular weight excluding hydrogens is 274 g/mol. The zero-order valence-corrected chi connectivity index (χ0v) is 11.6. The van der Waals surface area contributed by atoms with E-state index in [1.54, 1.807) is 30.7 Å². The van der Waals surface area contributed by atoms with E-state index in [0.29, 0.717) is 10.7 Å². The molecule has 0 saturated carbocycles. The summed E-state index contributed by atoms with van der Waals surface area (Å²) < 4.78 is 0. The van der Waals surface area contributed by atoms with Crippen molar-refractivity contribution < 1.29 is 4.79 Å². The van der Waals surface area contributed by atoms with Gasteiger partial charge in [0.1, 0.15) is 5.69 Å². The first-order chi connectivity index (χ1) is 9.75. The normalized spacial score (nSPS) is 18.2. The second kappa shape index (κ2) is 5.59. The highest BCUT2D eigenvalue weighted by Crippen LogP contribution is 2.32. The molecule has 0 aromatic carbocycles. The molecule has 0 spiro atoms. The Morgan fingerprint density at radius 1 is 1.25 bits per heavy atom. The lowest BCUT2D eigenvalue weighted by molar-refractivity contribution is 0.0729. The van der Waals surface area contributed by atoms with E-state index in [4.69, 9.17) is 11.6 Å². The van der Waals surface area contributed by atoms with Gasteiger partial charge in [0.2, 0.25) is 0 Å². The highest BCUT2D eigenvalue weighted by atomic mass is 35.5. The van der Waals surface area contributed by atoms with Crippen molar-refractivity contribution in [3.05, 3.63) is 59.1 Å². The quantitative estimate of drug-likeness (QED) is 0.852. The summed E-state index contributed by atoms with van der Waals surface area (Å²) in [5.74, 6) is -0.0631. The second-order valence-electron chi connectivity index (χ2n) is 4.80. The van der Waals surface area contributed by atoms with Crippen LogP contribution in [-0.2, 0) is 0 Å². The number of likely N-dealkylation sites (tertiary alicyclic amines) is 1. The largest absolute Gasteiger partial charge is 0.330 e. The lowest BCUT2D eigenvalue weighted by Gasteiger charge is -2.24. The predicted molar refractivity (Wildman–Crippen MR) is 76.5 cm³/mol. The van der Waals surface area contributed by atoms with E-state index in [2.05, 4.69) is 9.97 Å². The molecule has 1 aliphatic rings. The van der Waals surface area contributed by atoms with E-state index in [-0.39, 0.29) is 11.9 Å². The van der Waals surface area contributed by atoms with E-state index in [1.807, 2.05) is 17.0 Å². The lowest BCUT2D eigenvalue weighted by Crippen LogP contribution is -2.31. The third-order valence-electron chi connectivity index (χ3n) is 3.55. The molecule has 1 atom stereocenters. The maximum atomic E-state index is 12.6. The number of hydrogen-bond donors (Lipinski definition) is 0. The Bertz CT molecular complexity index is 618. The molecular formula is C15H14ClN3O. The molecule has 2 aromatic rings. The van der Waals surface area contributed by atoms with Gasteiger partial charge in [0.25, 0.3) is 5.91 Å². The number of carbonyl (C=O) groups excluding carboxylic acids is 1. The van der Waals surface area contributed by atoms with Crippen LogP contribution >= 0.6 is 11.6 Å². The van der Waals surface area contributed by atoms with Gasteiger partial charge in [-0.2, -0.15) is 0 Å². The van der Waals surface area contributed by atoms with Gasteiger partial charge >= 0.3 is 0 Å². The minimum atomic E-state index is -0.0631. The van der Waals surface area contributed by atoms with Gasteiger partial charge in [0, 0.05) is 30.2 Å². The van der Waals surface area contributed by atoms with Crippen LogP contribution in [0.5, 0.6) is 0 Å². The molecule has 3 rings (SSSR count). The Morgan fingerprint density at radius 3 is 2.80 bits per heavy atom. The molecule has 4 nitrogen and oxygen atoms in total. The second-order valence-corrected chi connectivity index (χ2v) is 5.23. The zero-order chi connectivity index (χ0) is 13.9. The fraction of sp³-hybridized carbons (Fsp3) is 0.267. The predicted octanol–water partition coefficient (Wildman–Crippen LogP) is 3.11. The van der Waals surface area contributed by atoms with Crippen molar-refractivity contribution in [3.8, 4) is 0 Å². The number of hydrogen-bond acceptors (Lipinski definition) is 3. The van der Waals surface area contributed by atoms with Gasteiger partial charge in [-0.25, -0.2) is 0 Å². The van der Waals surface area contributed by atoms with Crippen molar-refractivity contribution >= 4 is 17.5 Å². The van der Waals surface area contributed by atoms with Crippen molar-refractivity contribution in [2.75, 3.05) is 6.54 Å². The first-order valence-corrected chi connectivity index (χ1v) is 6.96. The van der Waals surface area contributed by atoms with Crippen LogP contribution in [0.15, 0.2) is 42.9 Å². The lowest BCUT2D eigenvalue weighted by atomic mass is 10.1. The topological polar surface area (TPSA) is 46.1 Å². The third kappa shape index (κ3) is 2.51. The number of amides is 1. The smallest absolute Gasteiger partial charge is 0.273 e. The molecule has 1 fully saturated rings. The summed E-state index contributed by atoms with van der Waals surface area (Å²) in [5, 5.41) is 0.531. The fourth-order valence-corrected chi connectivity index (χ4v) is 2.77. The van der Waals surface area contributed by atoms with Crippen molar-refractivity contribution in [2.24, 2.45) is 0 Å². The summed E-state index contributed by atoms with van der Waals surface area (Å²) >= 11 is 5.93. The van der Waals surface area contributed by atoms with Gasteiger partial charge in [0.05, 0.1) is 6.04 Å². The highest BCUT2D eigenvalue weighted by Gasteiger charge is 2.31. The van der Waals surface area contributed by atoms with Crippen LogP contribution in [0.4, 0.5) is 0 Å². The van der Waals surface area contributed by atoms with Gasteiger partial charge in [-0.05, 0) is 42.7 Å². The van der Waals surface area contributed by atoms with Crippen LogP contribution in [0.25, 0.3) is 0 Å². The Morgan fingerprint density at radius 2 is 2.05 bits per heavy atom. The van der Waals surface area contributed by atoms with Gasteiger partial charge in [-0.1, -0.05) is 11.6 Å². The Labute approximate surface area is 122 Å². The summed E-state index contributed by atoms with van der Waals surface area (Å²) in [6, 6.07) is 7.31. The molecule has 2 aromatic heterocycles. The molecule has 20 heavy (non-hydrogen) atoms. The summed E-state index contributed by atoms with van der Waals surface area (Å²) in [4.78, 5) is 22.6. The summed E-state index contributed by atoms with van der Waals surface area (Å²) in [5.41, 5.74) is 1.52. The molecule has 0 radical (unpaired) electrons. The highest BCUT2D eigenvalue weighted by molar-refractivity contribution is 6.30. The van der Waals surface area contributed by atoms with Crippen molar-refractivity contribution in [2.45, 2.75) is 18.9 Å². The standard InChI is InChI=1S/C15H14ClN3O/c16-12-5-8-18-13(10-12)15(20)19-9-1-2-14(19)11-3-6-17-7-4-11/h3-8,10,14H,1-2,9H2. The molecule has 1 unspecified atom stereocenters. The van der Waals surface area contributed by atoms with Crippen molar-refractivity contribution in [3.63, 3.8) is 0 Å². The van der Waals surface area contributed by atoms with E-state index >= 15 is 0 Å². The molecule has 102 valence electrons. The number of pyridine rings is 2. The van der Waals surface area contributed by atoms with Crippen LogP contribution in [0.3, 0.4) is 0 Å². The fourth-order valence-electron chi connectivity index (χ4n) is 2.61. The van der Waals surface area contributed by atoms with Crippen LogP contribution < -0.4 is 0 Å². The molecule has 0 N–H and O–H groups in total. The van der Waals surface area contributed by atoms with E-state index in [0.717, 1.165) is 24.9 Å². The first kappa shape index (κ1) is 13.1. The van der Waals surface area contributed by atoms with Gasteiger partial charge in [-0.3, -0.25) is 14.8 Å². The Hall–Kier alpha value is -1.94. The molecule has 1 amide bonds. The van der Waals surface area contributed by atoms with E-state index < -0.39 is 0 Å². The molecule has 1 aliphatic heterocycles. The Balaban J connectivity index is 1.87. The maximum absolute atomic E-state index is 12.6. The molecule has 1 saturated heterocycles. The number of halogens is 1. The Kier molecular flexibility index (Phi) is 3.65. The SMILES string of the molecule is O=C(c1cc(Cl)ccn1)N1CCCC1c1ccncc1. The zero-order valence-electron chi connectivity index (χ0n) is 10.9. The third-order valence-corrected chi connectivity index (χ3v) is 3.78. The number of rotatable bonds is 2. The average molecular weight is 288 g/mol. The van der Waals surface area contributed by atoms with Gasteiger partial charge < -0.3 is 4.90 Å². The average Bonchev–Trinajstić information content (AvgIpc) is 2.97. The maximum Gasteiger partial charge on any atom is 0.273 e. The molecule has 5 heteroatoms. The summed E-state index contributed by atoms with van der Waals surface area (Å²) in [6.45, 7) is 0.750. The van der Waals surface area contributed by atoms with Crippen LogP contribution in [0.1, 0.15) is 34.9 Å². The number of aromatic nitrogens is 2. The van der Waals surface area contributed by atoms with Crippen molar-refractivity contribution in [1.29, 1.82) is 0 Å². The van der Waals surface area contributed by atoms with Gasteiger partial charge in [0.15, 0.2) is 0 Å². The summed E-state index contributed by atoms with van der Waals surface area (Å²) in [6.07, 6.45) is 7.05. The monoisotopic (exact) mass is 287 g/mol.